The second-order valence-electron chi connectivity index (χ2n) is 4.42. The summed E-state index contributed by atoms with van der Waals surface area (Å²) in [6.07, 6.45) is 0. The molecule has 3 nitrogen and oxygen atoms in total. The van der Waals surface area contributed by atoms with Crippen LogP contribution in [0.5, 0.6) is 5.75 Å². The van der Waals surface area contributed by atoms with Crippen molar-refractivity contribution in [2.24, 2.45) is 5.73 Å². The predicted molar refractivity (Wildman–Crippen MR) is 74.5 cm³/mol. The van der Waals surface area contributed by atoms with Crippen LogP contribution >= 0.6 is 0 Å². The normalized spacial score (nSPS) is 11.6. The summed E-state index contributed by atoms with van der Waals surface area (Å²) < 4.78 is 5.72. The quantitative estimate of drug-likeness (QED) is 0.909. The molecule has 0 saturated heterocycles. The van der Waals surface area contributed by atoms with Gasteiger partial charge in [0, 0.05) is 11.6 Å². The fourth-order valence-corrected chi connectivity index (χ4v) is 1.80. The lowest BCUT2D eigenvalue weighted by Gasteiger charge is -2.10. The van der Waals surface area contributed by atoms with Crippen molar-refractivity contribution in [3.8, 4) is 11.8 Å². The molecule has 0 amide bonds. The molecular formula is C16H16N2O. The average Bonchev–Trinajstić information content (AvgIpc) is 2.45. The standard InChI is InChI=1S/C16H16N2O/c1-12(18)13-7-4-8-16(9-13)19-11-15-6-3-2-5-14(15)10-17/h2-9,12H,11,18H2,1H3/t12-/m0/s1. The fraction of sp³-hybridized carbons (Fsp3) is 0.188. The molecule has 2 rings (SSSR count). The van der Waals surface area contributed by atoms with Gasteiger partial charge in [-0.05, 0) is 30.7 Å². The van der Waals surface area contributed by atoms with Gasteiger partial charge in [-0.3, -0.25) is 0 Å². The first kappa shape index (κ1) is 13.1. The minimum Gasteiger partial charge on any atom is -0.489 e. The zero-order valence-electron chi connectivity index (χ0n) is 10.8. The maximum atomic E-state index is 9.01. The Morgan fingerprint density at radius 1 is 1.21 bits per heavy atom. The Kier molecular flexibility index (Phi) is 4.17. The molecule has 0 heterocycles. The molecule has 0 radical (unpaired) electrons. The number of nitrogens with zero attached hydrogens (tertiary/aromatic N) is 1. The van der Waals surface area contributed by atoms with Gasteiger partial charge < -0.3 is 10.5 Å². The zero-order chi connectivity index (χ0) is 13.7. The highest BCUT2D eigenvalue weighted by atomic mass is 16.5. The zero-order valence-corrected chi connectivity index (χ0v) is 10.8. The van der Waals surface area contributed by atoms with Crippen LogP contribution in [0.25, 0.3) is 0 Å². The summed E-state index contributed by atoms with van der Waals surface area (Å²) in [7, 11) is 0. The molecule has 96 valence electrons. The van der Waals surface area contributed by atoms with E-state index in [0.717, 1.165) is 16.9 Å². The largest absolute Gasteiger partial charge is 0.489 e. The van der Waals surface area contributed by atoms with Crippen molar-refractivity contribution in [1.29, 1.82) is 5.26 Å². The monoisotopic (exact) mass is 252 g/mol. The molecule has 0 bridgehead atoms. The molecule has 2 N–H and O–H groups in total. The highest BCUT2D eigenvalue weighted by Gasteiger charge is 2.04. The predicted octanol–water partition coefficient (Wildman–Crippen LogP) is 3.16. The Hall–Kier alpha value is -2.31. The van der Waals surface area contributed by atoms with Crippen LogP contribution in [-0.4, -0.2) is 0 Å². The van der Waals surface area contributed by atoms with Crippen molar-refractivity contribution in [3.63, 3.8) is 0 Å². The first-order valence-corrected chi connectivity index (χ1v) is 6.17. The first-order chi connectivity index (χ1) is 9.20. The Balaban J connectivity index is 2.11. The van der Waals surface area contributed by atoms with Gasteiger partial charge in [0.2, 0.25) is 0 Å². The summed E-state index contributed by atoms with van der Waals surface area (Å²) in [6.45, 7) is 2.32. The minimum absolute atomic E-state index is 0.0186. The van der Waals surface area contributed by atoms with Gasteiger partial charge in [0.05, 0.1) is 11.6 Å². The molecule has 2 aromatic carbocycles. The van der Waals surface area contributed by atoms with E-state index in [9.17, 15) is 0 Å². The third-order valence-electron chi connectivity index (χ3n) is 2.92. The molecule has 0 aliphatic heterocycles. The van der Waals surface area contributed by atoms with Gasteiger partial charge in [0.1, 0.15) is 12.4 Å². The molecule has 3 heteroatoms. The van der Waals surface area contributed by atoms with Crippen molar-refractivity contribution in [2.45, 2.75) is 19.6 Å². The maximum absolute atomic E-state index is 9.01. The third-order valence-corrected chi connectivity index (χ3v) is 2.92. The van der Waals surface area contributed by atoms with E-state index in [0.29, 0.717) is 12.2 Å². The van der Waals surface area contributed by atoms with Crippen LogP contribution in [0.1, 0.15) is 29.7 Å². The van der Waals surface area contributed by atoms with Gasteiger partial charge in [-0.1, -0.05) is 30.3 Å². The SMILES string of the molecule is C[C@H](N)c1cccc(OCc2ccccc2C#N)c1. The lowest BCUT2D eigenvalue weighted by Crippen LogP contribution is -2.05. The number of ether oxygens (including phenoxy) is 1. The van der Waals surface area contributed by atoms with Crippen molar-refractivity contribution < 1.29 is 4.74 Å². The number of hydrogen-bond donors (Lipinski definition) is 1. The van der Waals surface area contributed by atoms with Crippen molar-refractivity contribution in [1.82, 2.24) is 0 Å². The molecule has 0 unspecified atom stereocenters. The Morgan fingerprint density at radius 3 is 2.74 bits per heavy atom. The molecule has 0 fully saturated rings. The van der Waals surface area contributed by atoms with Crippen molar-refractivity contribution in [2.75, 3.05) is 0 Å². The molecule has 0 aliphatic carbocycles. The molecular weight excluding hydrogens is 236 g/mol. The number of nitrogens with two attached hydrogens (primary N) is 1. The van der Waals surface area contributed by atoms with E-state index >= 15 is 0 Å². The molecule has 0 saturated carbocycles. The van der Waals surface area contributed by atoms with Gasteiger partial charge in [-0.25, -0.2) is 0 Å². The maximum Gasteiger partial charge on any atom is 0.120 e. The van der Waals surface area contributed by atoms with E-state index in [4.69, 9.17) is 15.7 Å². The van der Waals surface area contributed by atoms with Crippen LogP contribution in [0.2, 0.25) is 0 Å². The lowest BCUT2D eigenvalue weighted by atomic mass is 10.1. The summed E-state index contributed by atoms with van der Waals surface area (Å²) >= 11 is 0. The highest BCUT2D eigenvalue weighted by molar-refractivity contribution is 5.37. The van der Waals surface area contributed by atoms with Crippen LogP contribution in [-0.2, 0) is 6.61 Å². The number of rotatable bonds is 4. The van der Waals surface area contributed by atoms with Crippen LogP contribution in [0.4, 0.5) is 0 Å². The average molecular weight is 252 g/mol. The Bertz CT molecular complexity index is 600. The summed E-state index contributed by atoms with van der Waals surface area (Å²) in [4.78, 5) is 0. The third kappa shape index (κ3) is 3.34. The van der Waals surface area contributed by atoms with E-state index in [2.05, 4.69) is 6.07 Å². The smallest absolute Gasteiger partial charge is 0.120 e. The van der Waals surface area contributed by atoms with Gasteiger partial charge in [0.25, 0.3) is 0 Å². The number of benzene rings is 2. The Labute approximate surface area is 113 Å². The number of hydrogen-bond acceptors (Lipinski definition) is 3. The van der Waals surface area contributed by atoms with Gasteiger partial charge >= 0.3 is 0 Å². The number of nitriles is 1. The first-order valence-electron chi connectivity index (χ1n) is 6.17. The molecule has 0 aromatic heterocycles. The van der Waals surface area contributed by atoms with E-state index < -0.39 is 0 Å². The molecule has 0 aliphatic rings. The van der Waals surface area contributed by atoms with Gasteiger partial charge in [0.15, 0.2) is 0 Å². The molecule has 19 heavy (non-hydrogen) atoms. The van der Waals surface area contributed by atoms with E-state index in [1.807, 2.05) is 49.4 Å². The fourth-order valence-electron chi connectivity index (χ4n) is 1.80. The van der Waals surface area contributed by atoms with Gasteiger partial charge in [-0.2, -0.15) is 5.26 Å². The second kappa shape index (κ2) is 6.03. The lowest BCUT2D eigenvalue weighted by molar-refractivity contribution is 0.305. The summed E-state index contributed by atoms with van der Waals surface area (Å²) in [5.41, 5.74) is 8.40. The van der Waals surface area contributed by atoms with Crippen molar-refractivity contribution in [3.05, 3.63) is 65.2 Å². The van der Waals surface area contributed by atoms with Gasteiger partial charge in [-0.15, -0.1) is 0 Å². The summed E-state index contributed by atoms with van der Waals surface area (Å²) in [5, 5.41) is 9.01. The van der Waals surface area contributed by atoms with E-state index in [1.165, 1.54) is 0 Å². The van der Waals surface area contributed by atoms with Crippen molar-refractivity contribution >= 4 is 0 Å². The highest BCUT2D eigenvalue weighted by Crippen LogP contribution is 2.19. The second-order valence-corrected chi connectivity index (χ2v) is 4.42. The molecule has 0 spiro atoms. The van der Waals surface area contributed by atoms with E-state index in [1.54, 1.807) is 6.07 Å². The van der Waals surface area contributed by atoms with Crippen LogP contribution in [0, 0.1) is 11.3 Å². The van der Waals surface area contributed by atoms with E-state index in [-0.39, 0.29) is 6.04 Å². The minimum atomic E-state index is -0.0186. The summed E-state index contributed by atoms with van der Waals surface area (Å²) in [6, 6.07) is 17.3. The van der Waals surface area contributed by atoms with Crippen LogP contribution in [0.3, 0.4) is 0 Å². The molecule has 2 aromatic rings. The molecule has 1 atom stereocenters. The summed E-state index contributed by atoms with van der Waals surface area (Å²) in [5.74, 6) is 0.766. The topological polar surface area (TPSA) is 59.0 Å². The Morgan fingerprint density at radius 2 is 2.00 bits per heavy atom. The van der Waals surface area contributed by atoms with Crippen LogP contribution < -0.4 is 10.5 Å². The van der Waals surface area contributed by atoms with Crippen LogP contribution in [0.15, 0.2) is 48.5 Å².